The Kier molecular flexibility index (Phi) is 3.24. The number of ether oxygens (including phenoxy) is 2. The van der Waals surface area contributed by atoms with Crippen LogP contribution < -0.4 is 14.8 Å². The summed E-state index contributed by atoms with van der Waals surface area (Å²) >= 11 is 0. The number of aryl methyl sites for hydroxylation is 2. The maximum atomic E-state index is 11.8. The SMILES string of the molecule is Cn1ncc(NC(=O)CCc2ccc3c(c2)OCO3)n1. The summed E-state index contributed by atoms with van der Waals surface area (Å²) in [6.07, 6.45) is 2.51. The minimum Gasteiger partial charge on any atom is -0.454 e. The van der Waals surface area contributed by atoms with Crippen molar-refractivity contribution in [3.8, 4) is 11.5 Å². The molecular formula is C13H14N4O3. The molecule has 0 spiro atoms. The van der Waals surface area contributed by atoms with Crippen LogP contribution in [0.25, 0.3) is 0 Å². The number of benzene rings is 1. The Morgan fingerprint density at radius 3 is 3.05 bits per heavy atom. The molecule has 7 heteroatoms. The molecular weight excluding hydrogens is 260 g/mol. The van der Waals surface area contributed by atoms with Crippen molar-refractivity contribution in [1.29, 1.82) is 0 Å². The van der Waals surface area contributed by atoms with Gasteiger partial charge < -0.3 is 14.8 Å². The van der Waals surface area contributed by atoms with Gasteiger partial charge in [-0.05, 0) is 24.1 Å². The van der Waals surface area contributed by atoms with Gasteiger partial charge in [0.2, 0.25) is 12.7 Å². The van der Waals surface area contributed by atoms with Crippen LogP contribution in [0.5, 0.6) is 11.5 Å². The first kappa shape index (κ1) is 12.5. The predicted molar refractivity (Wildman–Crippen MR) is 70.5 cm³/mol. The molecule has 0 atom stereocenters. The van der Waals surface area contributed by atoms with Gasteiger partial charge in [0.05, 0.1) is 6.20 Å². The number of aromatic nitrogens is 3. The van der Waals surface area contributed by atoms with Crippen molar-refractivity contribution in [2.24, 2.45) is 7.05 Å². The molecule has 2 heterocycles. The van der Waals surface area contributed by atoms with Crippen LogP contribution in [0.15, 0.2) is 24.4 Å². The minimum atomic E-state index is -0.0943. The highest BCUT2D eigenvalue weighted by Gasteiger charge is 2.13. The number of carbonyl (C=O) groups is 1. The lowest BCUT2D eigenvalue weighted by molar-refractivity contribution is -0.116. The van der Waals surface area contributed by atoms with E-state index in [0.29, 0.717) is 18.7 Å². The smallest absolute Gasteiger partial charge is 0.231 e. The fraction of sp³-hybridized carbons (Fsp3) is 0.308. The zero-order valence-corrected chi connectivity index (χ0v) is 11.0. The van der Waals surface area contributed by atoms with Gasteiger partial charge in [-0.2, -0.15) is 9.90 Å². The van der Waals surface area contributed by atoms with Gasteiger partial charge in [-0.3, -0.25) is 4.79 Å². The third kappa shape index (κ3) is 2.71. The van der Waals surface area contributed by atoms with Crippen molar-refractivity contribution in [3.63, 3.8) is 0 Å². The molecule has 7 nitrogen and oxygen atoms in total. The molecule has 1 amide bonds. The van der Waals surface area contributed by atoms with Crippen LogP contribution in [0.3, 0.4) is 0 Å². The second-order valence-corrected chi connectivity index (χ2v) is 4.46. The van der Waals surface area contributed by atoms with E-state index in [9.17, 15) is 4.79 Å². The first-order valence-electron chi connectivity index (χ1n) is 6.25. The Bertz CT molecular complexity index is 638. The Balaban J connectivity index is 1.55. The van der Waals surface area contributed by atoms with Crippen molar-refractivity contribution in [3.05, 3.63) is 30.0 Å². The van der Waals surface area contributed by atoms with E-state index < -0.39 is 0 Å². The van der Waals surface area contributed by atoms with Crippen LogP contribution in [-0.2, 0) is 18.3 Å². The molecule has 0 radical (unpaired) electrons. The maximum absolute atomic E-state index is 11.8. The Morgan fingerprint density at radius 1 is 1.40 bits per heavy atom. The molecule has 0 saturated heterocycles. The van der Waals surface area contributed by atoms with E-state index in [-0.39, 0.29) is 12.7 Å². The lowest BCUT2D eigenvalue weighted by atomic mass is 10.1. The van der Waals surface area contributed by atoms with E-state index in [1.54, 1.807) is 7.05 Å². The van der Waals surface area contributed by atoms with Crippen LogP contribution in [0.1, 0.15) is 12.0 Å². The number of fused-ring (bicyclic) bond motifs is 1. The zero-order valence-electron chi connectivity index (χ0n) is 11.0. The molecule has 1 aromatic heterocycles. The summed E-state index contributed by atoms with van der Waals surface area (Å²) in [5, 5.41) is 10.6. The van der Waals surface area contributed by atoms with Crippen molar-refractivity contribution in [2.75, 3.05) is 12.1 Å². The van der Waals surface area contributed by atoms with Crippen molar-refractivity contribution < 1.29 is 14.3 Å². The molecule has 2 aromatic rings. The third-order valence-corrected chi connectivity index (χ3v) is 2.94. The number of hydrogen-bond donors (Lipinski definition) is 1. The molecule has 1 aromatic carbocycles. The average Bonchev–Trinajstić information content (AvgIpc) is 3.04. The standard InChI is InChI=1S/C13H14N4O3/c1-17-14-7-12(16-17)15-13(18)5-3-9-2-4-10-11(6-9)20-8-19-10/h2,4,6-7H,3,5,8H2,1H3,(H,15,16,18). The predicted octanol–water partition coefficient (Wildman–Crippen LogP) is 1.12. The quantitative estimate of drug-likeness (QED) is 0.903. The highest BCUT2D eigenvalue weighted by Crippen LogP contribution is 2.32. The summed E-state index contributed by atoms with van der Waals surface area (Å²) in [7, 11) is 1.70. The molecule has 104 valence electrons. The number of carbonyl (C=O) groups excluding carboxylic acids is 1. The van der Waals surface area contributed by atoms with Crippen molar-refractivity contribution >= 4 is 11.7 Å². The van der Waals surface area contributed by atoms with E-state index in [2.05, 4.69) is 15.5 Å². The van der Waals surface area contributed by atoms with Gasteiger partial charge in [-0.1, -0.05) is 6.07 Å². The number of nitrogens with one attached hydrogen (secondary N) is 1. The summed E-state index contributed by atoms with van der Waals surface area (Å²) in [4.78, 5) is 13.2. The largest absolute Gasteiger partial charge is 0.454 e. The van der Waals surface area contributed by atoms with Gasteiger partial charge in [0.25, 0.3) is 0 Å². The van der Waals surface area contributed by atoms with E-state index in [1.165, 1.54) is 11.0 Å². The molecule has 0 saturated carbocycles. The fourth-order valence-corrected chi connectivity index (χ4v) is 1.96. The summed E-state index contributed by atoms with van der Waals surface area (Å²) in [5.74, 6) is 1.85. The molecule has 1 aliphatic heterocycles. The zero-order chi connectivity index (χ0) is 13.9. The molecule has 20 heavy (non-hydrogen) atoms. The fourth-order valence-electron chi connectivity index (χ4n) is 1.96. The van der Waals surface area contributed by atoms with E-state index in [0.717, 1.165) is 17.1 Å². The molecule has 1 aliphatic rings. The van der Waals surface area contributed by atoms with Crippen LogP contribution in [0, 0.1) is 0 Å². The number of hydrogen-bond acceptors (Lipinski definition) is 5. The summed E-state index contributed by atoms with van der Waals surface area (Å²) in [6, 6.07) is 5.69. The van der Waals surface area contributed by atoms with Crippen molar-refractivity contribution in [1.82, 2.24) is 15.0 Å². The van der Waals surface area contributed by atoms with Crippen molar-refractivity contribution in [2.45, 2.75) is 12.8 Å². The molecule has 0 unspecified atom stereocenters. The number of amides is 1. The number of anilines is 1. The highest BCUT2D eigenvalue weighted by atomic mass is 16.7. The summed E-state index contributed by atoms with van der Waals surface area (Å²) in [6.45, 7) is 0.256. The Hall–Kier alpha value is -2.57. The van der Waals surface area contributed by atoms with E-state index in [4.69, 9.17) is 9.47 Å². The van der Waals surface area contributed by atoms with Gasteiger partial charge in [0.1, 0.15) is 0 Å². The third-order valence-electron chi connectivity index (χ3n) is 2.94. The second kappa shape index (κ2) is 5.20. The molecule has 3 rings (SSSR count). The summed E-state index contributed by atoms with van der Waals surface area (Å²) < 4.78 is 10.5. The van der Waals surface area contributed by atoms with E-state index >= 15 is 0 Å². The van der Waals surface area contributed by atoms with Gasteiger partial charge in [0.15, 0.2) is 17.3 Å². The van der Waals surface area contributed by atoms with Crippen LogP contribution >= 0.6 is 0 Å². The Morgan fingerprint density at radius 2 is 2.25 bits per heavy atom. The molecule has 0 fully saturated rings. The van der Waals surface area contributed by atoms with Crippen LogP contribution in [0.4, 0.5) is 5.82 Å². The first-order chi connectivity index (χ1) is 9.70. The number of rotatable bonds is 4. The maximum Gasteiger partial charge on any atom is 0.231 e. The average molecular weight is 274 g/mol. The lowest BCUT2D eigenvalue weighted by Gasteiger charge is -2.03. The topological polar surface area (TPSA) is 78.3 Å². The van der Waals surface area contributed by atoms with Gasteiger partial charge in [-0.15, -0.1) is 5.10 Å². The normalized spacial score (nSPS) is 12.4. The van der Waals surface area contributed by atoms with Gasteiger partial charge in [0, 0.05) is 13.5 Å². The monoisotopic (exact) mass is 274 g/mol. The van der Waals surface area contributed by atoms with E-state index in [1.807, 2.05) is 18.2 Å². The molecule has 1 N–H and O–H groups in total. The van der Waals surface area contributed by atoms with Gasteiger partial charge >= 0.3 is 0 Å². The molecule has 0 bridgehead atoms. The Labute approximate surface area is 115 Å². The summed E-state index contributed by atoms with van der Waals surface area (Å²) in [5.41, 5.74) is 1.03. The van der Waals surface area contributed by atoms with Crippen LogP contribution in [-0.4, -0.2) is 27.7 Å². The second-order valence-electron chi connectivity index (χ2n) is 4.46. The first-order valence-corrected chi connectivity index (χ1v) is 6.25. The highest BCUT2D eigenvalue weighted by molar-refractivity contribution is 5.89. The minimum absolute atomic E-state index is 0.0943. The van der Waals surface area contributed by atoms with Crippen LogP contribution in [0.2, 0.25) is 0 Å². The molecule has 0 aliphatic carbocycles. The lowest BCUT2D eigenvalue weighted by Crippen LogP contribution is -2.13. The van der Waals surface area contributed by atoms with Gasteiger partial charge in [-0.25, -0.2) is 0 Å². The number of nitrogens with zero attached hydrogens (tertiary/aromatic N) is 3.